The fraction of sp³-hybridized carbons (Fsp3) is 0. The van der Waals surface area contributed by atoms with Crippen LogP contribution in [-0.4, -0.2) is 5.97 Å². The molecule has 4 heteroatoms. The SMILES string of the molecule is O=C([O-])/C(=C\c1cccc(Cl)c1)c1cccs1. The Kier molecular flexibility index (Phi) is 3.61. The molecule has 0 saturated heterocycles. The predicted octanol–water partition coefficient (Wildman–Crippen LogP) is 2.69. The Bertz CT molecular complexity index is 559. The maximum Gasteiger partial charge on any atom is 0.0729 e. The number of thiophene rings is 1. The lowest BCUT2D eigenvalue weighted by Crippen LogP contribution is -2.23. The van der Waals surface area contributed by atoms with Crippen LogP contribution < -0.4 is 5.11 Å². The van der Waals surface area contributed by atoms with Crippen molar-refractivity contribution in [3.8, 4) is 0 Å². The van der Waals surface area contributed by atoms with Gasteiger partial charge in [-0.05, 0) is 35.2 Å². The summed E-state index contributed by atoms with van der Waals surface area (Å²) in [5, 5.41) is 13.5. The summed E-state index contributed by atoms with van der Waals surface area (Å²) in [5.41, 5.74) is 0.910. The van der Waals surface area contributed by atoms with E-state index in [2.05, 4.69) is 0 Å². The zero-order valence-electron chi connectivity index (χ0n) is 8.72. The van der Waals surface area contributed by atoms with E-state index in [1.54, 1.807) is 42.5 Å². The molecule has 0 amide bonds. The minimum absolute atomic E-state index is 0.169. The van der Waals surface area contributed by atoms with Crippen LogP contribution >= 0.6 is 22.9 Å². The number of aliphatic carboxylic acids is 1. The van der Waals surface area contributed by atoms with E-state index in [-0.39, 0.29) is 5.57 Å². The van der Waals surface area contributed by atoms with Crippen LogP contribution in [0.25, 0.3) is 11.6 Å². The van der Waals surface area contributed by atoms with Crippen LogP contribution in [0.2, 0.25) is 5.02 Å². The van der Waals surface area contributed by atoms with Gasteiger partial charge in [0.1, 0.15) is 0 Å². The summed E-state index contributed by atoms with van der Waals surface area (Å²) in [7, 11) is 0. The zero-order valence-corrected chi connectivity index (χ0v) is 10.3. The van der Waals surface area contributed by atoms with E-state index in [4.69, 9.17) is 11.6 Å². The Morgan fingerprint density at radius 3 is 2.71 bits per heavy atom. The number of benzene rings is 1. The average Bonchev–Trinajstić information content (AvgIpc) is 2.78. The van der Waals surface area contributed by atoms with E-state index in [1.807, 2.05) is 5.38 Å². The van der Waals surface area contributed by atoms with Crippen LogP contribution in [0.5, 0.6) is 0 Å². The molecule has 0 aliphatic carbocycles. The summed E-state index contributed by atoms with van der Waals surface area (Å²) in [6.45, 7) is 0. The third-order valence-corrected chi connectivity index (χ3v) is 3.30. The molecule has 1 aromatic heterocycles. The van der Waals surface area contributed by atoms with Gasteiger partial charge in [0.05, 0.1) is 5.97 Å². The molecule has 0 radical (unpaired) electrons. The van der Waals surface area contributed by atoms with Crippen molar-refractivity contribution in [3.05, 3.63) is 57.2 Å². The Morgan fingerprint density at radius 1 is 1.29 bits per heavy atom. The summed E-state index contributed by atoms with van der Waals surface area (Å²) in [6, 6.07) is 10.6. The third-order valence-electron chi connectivity index (χ3n) is 2.17. The molecule has 0 fully saturated rings. The summed E-state index contributed by atoms with van der Waals surface area (Å²) in [4.78, 5) is 11.8. The van der Waals surface area contributed by atoms with E-state index >= 15 is 0 Å². The molecule has 0 atom stereocenters. The summed E-state index contributed by atoms with van der Waals surface area (Å²) in [6.07, 6.45) is 1.56. The molecule has 1 aromatic carbocycles. The highest BCUT2D eigenvalue weighted by Crippen LogP contribution is 2.23. The molecule has 2 nitrogen and oxygen atoms in total. The van der Waals surface area contributed by atoms with Gasteiger partial charge in [0.15, 0.2) is 0 Å². The summed E-state index contributed by atoms with van der Waals surface area (Å²) in [5.74, 6) is -1.19. The standard InChI is InChI=1S/C13H9ClO2S/c14-10-4-1-3-9(7-10)8-11(13(15)16)12-5-2-6-17-12/h1-8H,(H,15,16)/p-1/b11-8-. The van der Waals surface area contributed by atoms with Crippen LogP contribution in [-0.2, 0) is 4.79 Å². The molecular weight excluding hydrogens is 256 g/mol. The fourth-order valence-corrected chi connectivity index (χ4v) is 2.35. The van der Waals surface area contributed by atoms with Crippen LogP contribution in [0.1, 0.15) is 10.4 Å². The van der Waals surface area contributed by atoms with Crippen molar-refractivity contribution in [1.82, 2.24) is 0 Å². The van der Waals surface area contributed by atoms with Crippen molar-refractivity contribution in [2.24, 2.45) is 0 Å². The van der Waals surface area contributed by atoms with Gasteiger partial charge in [-0.2, -0.15) is 0 Å². The van der Waals surface area contributed by atoms with Gasteiger partial charge in [0, 0.05) is 15.5 Å². The van der Waals surface area contributed by atoms with Crippen molar-refractivity contribution in [2.45, 2.75) is 0 Å². The van der Waals surface area contributed by atoms with Gasteiger partial charge in [-0.15, -0.1) is 11.3 Å². The lowest BCUT2D eigenvalue weighted by atomic mass is 10.1. The maximum atomic E-state index is 11.1. The molecule has 0 aliphatic rings. The van der Waals surface area contributed by atoms with Crippen LogP contribution in [0.4, 0.5) is 0 Å². The molecule has 0 unspecified atom stereocenters. The molecule has 86 valence electrons. The molecule has 0 spiro atoms. The van der Waals surface area contributed by atoms with Gasteiger partial charge in [-0.1, -0.05) is 29.8 Å². The Morgan fingerprint density at radius 2 is 2.12 bits per heavy atom. The topological polar surface area (TPSA) is 40.1 Å². The zero-order chi connectivity index (χ0) is 12.3. The van der Waals surface area contributed by atoms with Crippen molar-refractivity contribution in [2.75, 3.05) is 0 Å². The van der Waals surface area contributed by atoms with Gasteiger partial charge in [0.2, 0.25) is 0 Å². The van der Waals surface area contributed by atoms with E-state index in [1.165, 1.54) is 11.3 Å². The van der Waals surface area contributed by atoms with E-state index < -0.39 is 5.97 Å². The number of halogens is 1. The highest BCUT2D eigenvalue weighted by Gasteiger charge is 2.04. The minimum atomic E-state index is -1.19. The molecule has 17 heavy (non-hydrogen) atoms. The monoisotopic (exact) mass is 263 g/mol. The number of carboxylic acid groups (broad SMARTS) is 1. The molecule has 2 aromatic rings. The molecule has 1 heterocycles. The number of hydrogen-bond acceptors (Lipinski definition) is 3. The highest BCUT2D eigenvalue weighted by atomic mass is 35.5. The highest BCUT2D eigenvalue weighted by molar-refractivity contribution is 7.11. The molecule has 0 aliphatic heterocycles. The second-order valence-corrected chi connectivity index (χ2v) is 4.76. The number of carboxylic acids is 1. The number of hydrogen-bond donors (Lipinski definition) is 0. The van der Waals surface area contributed by atoms with E-state index in [0.717, 1.165) is 5.56 Å². The van der Waals surface area contributed by atoms with Crippen molar-refractivity contribution >= 4 is 40.6 Å². The first-order chi connectivity index (χ1) is 8.16. The van der Waals surface area contributed by atoms with Crippen molar-refractivity contribution in [3.63, 3.8) is 0 Å². The van der Waals surface area contributed by atoms with Crippen molar-refractivity contribution in [1.29, 1.82) is 0 Å². The second kappa shape index (κ2) is 5.17. The Hall–Kier alpha value is -1.58. The summed E-state index contributed by atoms with van der Waals surface area (Å²) < 4.78 is 0. The molecule has 2 rings (SSSR count). The average molecular weight is 264 g/mol. The molecule has 0 N–H and O–H groups in total. The largest absolute Gasteiger partial charge is 0.545 e. The fourth-order valence-electron chi connectivity index (χ4n) is 1.43. The first-order valence-corrected chi connectivity index (χ1v) is 6.15. The van der Waals surface area contributed by atoms with Crippen molar-refractivity contribution < 1.29 is 9.90 Å². The first-order valence-electron chi connectivity index (χ1n) is 4.89. The predicted molar refractivity (Wildman–Crippen MR) is 68.6 cm³/mol. The summed E-state index contributed by atoms with van der Waals surface area (Å²) >= 11 is 7.20. The Labute approximate surface area is 108 Å². The van der Waals surface area contributed by atoms with Gasteiger partial charge >= 0.3 is 0 Å². The second-order valence-electron chi connectivity index (χ2n) is 3.38. The normalized spacial score (nSPS) is 11.5. The van der Waals surface area contributed by atoms with Crippen LogP contribution in [0.3, 0.4) is 0 Å². The lowest BCUT2D eigenvalue weighted by Gasteiger charge is -2.06. The molecule has 0 saturated carbocycles. The number of rotatable bonds is 3. The van der Waals surface area contributed by atoms with Gasteiger partial charge in [0.25, 0.3) is 0 Å². The Balaban J connectivity index is 2.44. The molecule has 0 bridgehead atoms. The molecular formula is C13H8ClO2S-. The van der Waals surface area contributed by atoms with Crippen LogP contribution in [0, 0.1) is 0 Å². The maximum absolute atomic E-state index is 11.1. The van der Waals surface area contributed by atoms with E-state index in [9.17, 15) is 9.90 Å². The smallest absolute Gasteiger partial charge is 0.0729 e. The van der Waals surface area contributed by atoms with E-state index in [0.29, 0.717) is 9.90 Å². The lowest BCUT2D eigenvalue weighted by molar-refractivity contribution is -0.295. The number of carbonyl (C=O) groups is 1. The van der Waals surface area contributed by atoms with Gasteiger partial charge in [-0.3, -0.25) is 0 Å². The van der Waals surface area contributed by atoms with Gasteiger partial charge < -0.3 is 9.90 Å². The first kappa shape index (κ1) is 11.9. The third kappa shape index (κ3) is 2.96. The van der Waals surface area contributed by atoms with Crippen LogP contribution in [0.15, 0.2) is 41.8 Å². The van der Waals surface area contributed by atoms with Gasteiger partial charge in [-0.25, -0.2) is 0 Å². The quantitative estimate of drug-likeness (QED) is 0.799. The number of carbonyl (C=O) groups excluding carboxylic acids is 1. The minimum Gasteiger partial charge on any atom is -0.545 e.